The van der Waals surface area contributed by atoms with Crippen molar-refractivity contribution in [2.45, 2.75) is 25.9 Å². The predicted molar refractivity (Wildman–Crippen MR) is 79.1 cm³/mol. The summed E-state index contributed by atoms with van der Waals surface area (Å²) in [6.07, 6.45) is 6.70. The van der Waals surface area contributed by atoms with E-state index in [9.17, 15) is 0 Å². The summed E-state index contributed by atoms with van der Waals surface area (Å²) >= 11 is 0. The van der Waals surface area contributed by atoms with Gasteiger partial charge in [0.15, 0.2) is 0 Å². The number of nitrogens with one attached hydrogen (secondary N) is 2. The van der Waals surface area contributed by atoms with Crippen LogP contribution in [0.15, 0.2) is 42.7 Å². The van der Waals surface area contributed by atoms with E-state index in [0.29, 0.717) is 0 Å². The van der Waals surface area contributed by atoms with Crippen LogP contribution in [0.1, 0.15) is 24.0 Å². The van der Waals surface area contributed by atoms with E-state index in [-0.39, 0.29) is 0 Å². The molecule has 1 saturated heterocycles. The van der Waals surface area contributed by atoms with Crippen molar-refractivity contribution >= 4 is 5.69 Å². The van der Waals surface area contributed by atoms with E-state index in [4.69, 9.17) is 0 Å². The summed E-state index contributed by atoms with van der Waals surface area (Å²) in [6, 6.07) is 10.8. The molecule has 1 fully saturated rings. The lowest BCUT2D eigenvalue weighted by atomic mass is 10.1. The van der Waals surface area contributed by atoms with Gasteiger partial charge in [-0.2, -0.15) is 0 Å². The Morgan fingerprint density at radius 3 is 2.74 bits per heavy atom. The summed E-state index contributed by atoms with van der Waals surface area (Å²) in [4.78, 5) is 5.63. The molecule has 0 atom stereocenters. The van der Waals surface area contributed by atoms with Crippen LogP contribution in [0.5, 0.6) is 0 Å². The molecule has 1 aromatic carbocycles. The summed E-state index contributed by atoms with van der Waals surface area (Å²) in [7, 11) is 0. The minimum Gasteiger partial charge on any atom is -0.381 e. The van der Waals surface area contributed by atoms with Crippen LogP contribution in [0, 0.1) is 0 Å². The van der Waals surface area contributed by atoms with Gasteiger partial charge in [0.1, 0.15) is 0 Å². The molecule has 0 bridgehead atoms. The van der Waals surface area contributed by atoms with Crippen molar-refractivity contribution in [1.82, 2.24) is 9.88 Å². The second-order valence-corrected chi connectivity index (χ2v) is 5.21. The summed E-state index contributed by atoms with van der Waals surface area (Å²) in [5, 5.41) is 3.54. The number of para-hydroxylation sites is 1. The van der Waals surface area contributed by atoms with Crippen LogP contribution in [0.4, 0.5) is 5.69 Å². The van der Waals surface area contributed by atoms with E-state index < -0.39 is 0 Å². The number of aromatic nitrogens is 1. The molecular weight excluding hydrogens is 234 g/mol. The van der Waals surface area contributed by atoms with Gasteiger partial charge in [0, 0.05) is 31.2 Å². The van der Waals surface area contributed by atoms with Crippen molar-refractivity contribution in [3.63, 3.8) is 0 Å². The van der Waals surface area contributed by atoms with Crippen molar-refractivity contribution in [2.75, 3.05) is 18.4 Å². The number of likely N-dealkylation sites (tertiary alicyclic amines) is 1. The molecule has 1 aromatic heterocycles. The molecule has 2 N–H and O–H groups in total. The molecule has 100 valence electrons. The van der Waals surface area contributed by atoms with Gasteiger partial charge >= 0.3 is 0 Å². The highest BCUT2D eigenvalue weighted by atomic mass is 15.1. The quantitative estimate of drug-likeness (QED) is 0.859. The lowest BCUT2D eigenvalue weighted by Gasteiger charge is -2.18. The Morgan fingerprint density at radius 1 is 1.11 bits per heavy atom. The minimum absolute atomic E-state index is 0.876. The van der Waals surface area contributed by atoms with Crippen LogP contribution in [0.2, 0.25) is 0 Å². The lowest BCUT2D eigenvalue weighted by Crippen LogP contribution is -2.19. The Labute approximate surface area is 114 Å². The van der Waals surface area contributed by atoms with Crippen LogP contribution in [-0.4, -0.2) is 23.0 Å². The molecule has 1 aliphatic rings. The molecule has 0 unspecified atom stereocenters. The Balaban J connectivity index is 1.66. The van der Waals surface area contributed by atoms with Crippen LogP contribution in [-0.2, 0) is 13.1 Å². The Hall–Kier alpha value is -1.74. The number of benzene rings is 1. The number of aromatic amines is 1. The summed E-state index contributed by atoms with van der Waals surface area (Å²) in [5.74, 6) is 0. The molecule has 1 aliphatic heterocycles. The third-order valence-corrected chi connectivity index (χ3v) is 3.76. The molecule has 0 aliphatic carbocycles. The maximum atomic E-state index is 3.54. The average Bonchev–Trinajstić information content (AvgIpc) is 3.10. The molecule has 0 spiro atoms. The van der Waals surface area contributed by atoms with Crippen molar-refractivity contribution < 1.29 is 0 Å². The van der Waals surface area contributed by atoms with E-state index in [1.807, 2.05) is 12.4 Å². The second kappa shape index (κ2) is 5.93. The molecule has 0 saturated carbocycles. The molecule has 3 rings (SSSR count). The summed E-state index contributed by atoms with van der Waals surface area (Å²) in [5.41, 5.74) is 3.95. The van der Waals surface area contributed by atoms with Gasteiger partial charge in [0.2, 0.25) is 0 Å². The molecule has 3 nitrogen and oxygen atoms in total. The highest BCUT2D eigenvalue weighted by Crippen LogP contribution is 2.20. The van der Waals surface area contributed by atoms with Gasteiger partial charge in [-0.05, 0) is 49.2 Å². The Kier molecular flexibility index (Phi) is 3.84. The maximum Gasteiger partial charge on any atom is 0.0415 e. The van der Waals surface area contributed by atoms with Gasteiger partial charge in [-0.25, -0.2) is 0 Å². The second-order valence-electron chi connectivity index (χ2n) is 5.21. The van der Waals surface area contributed by atoms with Crippen molar-refractivity contribution in [2.24, 2.45) is 0 Å². The normalized spacial score (nSPS) is 15.8. The predicted octanol–water partition coefficient (Wildman–Crippen LogP) is 3.22. The maximum absolute atomic E-state index is 3.54. The van der Waals surface area contributed by atoms with E-state index in [1.165, 1.54) is 42.7 Å². The van der Waals surface area contributed by atoms with Gasteiger partial charge in [-0.1, -0.05) is 18.2 Å². The van der Waals surface area contributed by atoms with E-state index >= 15 is 0 Å². The highest BCUT2D eigenvalue weighted by Gasteiger charge is 2.13. The molecule has 0 radical (unpaired) electrons. The molecule has 19 heavy (non-hydrogen) atoms. The van der Waals surface area contributed by atoms with Gasteiger partial charge in [-0.15, -0.1) is 0 Å². The van der Waals surface area contributed by atoms with E-state index in [0.717, 1.165) is 13.1 Å². The first kappa shape index (κ1) is 12.3. The van der Waals surface area contributed by atoms with Crippen molar-refractivity contribution in [1.29, 1.82) is 0 Å². The third-order valence-electron chi connectivity index (χ3n) is 3.76. The standard InChI is InChI=1S/C16H21N3/c1-2-6-16(18-12-14-7-8-17-11-14)15(5-1)13-19-9-3-4-10-19/h1-2,5-8,11,17-18H,3-4,9-10,12-13H2. The number of rotatable bonds is 5. The zero-order valence-corrected chi connectivity index (χ0v) is 11.2. The van der Waals surface area contributed by atoms with E-state index in [1.54, 1.807) is 0 Å². The Morgan fingerprint density at radius 2 is 1.95 bits per heavy atom. The SMILES string of the molecule is c1ccc(NCc2cc[nH]c2)c(CN2CCCC2)c1. The van der Waals surface area contributed by atoms with Gasteiger partial charge in [-0.3, -0.25) is 4.90 Å². The van der Waals surface area contributed by atoms with Crippen molar-refractivity contribution in [3.05, 3.63) is 53.9 Å². The van der Waals surface area contributed by atoms with Crippen LogP contribution >= 0.6 is 0 Å². The number of H-pyrrole nitrogens is 1. The fourth-order valence-electron chi connectivity index (χ4n) is 2.68. The fourth-order valence-corrected chi connectivity index (χ4v) is 2.68. The lowest BCUT2D eigenvalue weighted by molar-refractivity contribution is 0.332. The first-order valence-electron chi connectivity index (χ1n) is 7.07. The first-order chi connectivity index (χ1) is 9.42. The van der Waals surface area contributed by atoms with Crippen LogP contribution < -0.4 is 5.32 Å². The minimum atomic E-state index is 0.876. The van der Waals surface area contributed by atoms with Gasteiger partial charge in [0.25, 0.3) is 0 Å². The van der Waals surface area contributed by atoms with Crippen molar-refractivity contribution in [3.8, 4) is 0 Å². The largest absolute Gasteiger partial charge is 0.381 e. The Bertz CT molecular complexity index is 498. The van der Waals surface area contributed by atoms with Crippen LogP contribution in [0.25, 0.3) is 0 Å². The molecule has 2 aromatic rings. The third kappa shape index (κ3) is 3.18. The highest BCUT2D eigenvalue weighted by molar-refractivity contribution is 5.51. The zero-order chi connectivity index (χ0) is 12.9. The smallest absolute Gasteiger partial charge is 0.0415 e. The average molecular weight is 255 g/mol. The fraction of sp³-hybridized carbons (Fsp3) is 0.375. The number of hydrogen-bond donors (Lipinski definition) is 2. The molecule has 2 heterocycles. The van der Waals surface area contributed by atoms with Gasteiger partial charge in [0.05, 0.1) is 0 Å². The molecular formula is C16H21N3. The summed E-state index contributed by atoms with van der Waals surface area (Å²) in [6.45, 7) is 4.43. The number of nitrogens with zero attached hydrogens (tertiary/aromatic N) is 1. The number of anilines is 1. The molecule has 0 amide bonds. The topological polar surface area (TPSA) is 31.1 Å². The van der Waals surface area contributed by atoms with Crippen LogP contribution in [0.3, 0.4) is 0 Å². The first-order valence-corrected chi connectivity index (χ1v) is 7.07. The molecule has 3 heteroatoms. The monoisotopic (exact) mass is 255 g/mol. The zero-order valence-electron chi connectivity index (χ0n) is 11.2. The number of hydrogen-bond acceptors (Lipinski definition) is 2. The van der Waals surface area contributed by atoms with Gasteiger partial charge < -0.3 is 10.3 Å². The summed E-state index contributed by atoms with van der Waals surface area (Å²) < 4.78 is 0. The van der Waals surface area contributed by atoms with E-state index in [2.05, 4.69) is 45.5 Å².